The van der Waals surface area contributed by atoms with Crippen LogP contribution >= 0.6 is 0 Å². The molecule has 4 rings (SSSR count). The Balaban J connectivity index is 1.78. The number of anilines is 1. The largest absolute Gasteiger partial charge is 0.497 e. The Labute approximate surface area is 160 Å². The van der Waals surface area contributed by atoms with E-state index in [2.05, 4.69) is 61.3 Å². The van der Waals surface area contributed by atoms with Crippen molar-refractivity contribution < 1.29 is 9.53 Å². The van der Waals surface area contributed by atoms with Crippen LogP contribution in [0.3, 0.4) is 0 Å². The van der Waals surface area contributed by atoms with E-state index in [9.17, 15) is 4.79 Å². The SMILES string of the molecule is CCc1ccc2c(c1)C(C)(C)[C@@]1(C=Cc3ccc(OC)cc3)NC(=O)CN21. The number of fused-ring (bicyclic) bond motifs is 3. The first-order valence-corrected chi connectivity index (χ1v) is 9.46. The quantitative estimate of drug-likeness (QED) is 0.897. The zero-order chi connectivity index (χ0) is 19.2. The summed E-state index contributed by atoms with van der Waals surface area (Å²) in [5.74, 6) is 0.898. The van der Waals surface area contributed by atoms with E-state index >= 15 is 0 Å². The van der Waals surface area contributed by atoms with Crippen LogP contribution in [0.4, 0.5) is 5.69 Å². The minimum absolute atomic E-state index is 0.0627. The van der Waals surface area contributed by atoms with Gasteiger partial charge in [0.15, 0.2) is 0 Å². The summed E-state index contributed by atoms with van der Waals surface area (Å²) in [6, 6.07) is 14.6. The predicted octanol–water partition coefficient (Wildman–Crippen LogP) is 3.89. The lowest BCUT2D eigenvalue weighted by Crippen LogP contribution is -2.58. The normalized spacial score (nSPS) is 22.7. The van der Waals surface area contributed by atoms with Crippen LogP contribution < -0.4 is 15.0 Å². The molecule has 0 bridgehead atoms. The summed E-state index contributed by atoms with van der Waals surface area (Å²) in [6.07, 6.45) is 5.24. The molecule has 0 saturated carbocycles. The number of hydrogen-bond donors (Lipinski definition) is 1. The van der Waals surface area contributed by atoms with E-state index < -0.39 is 5.66 Å². The topological polar surface area (TPSA) is 41.6 Å². The van der Waals surface area contributed by atoms with Gasteiger partial charge in [0.2, 0.25) is 5.91 Å². The Morgan fingerprint density at radius 1 is 1.19 bits per heavy atom. The number of benzene rings is 2. The summed E-state index contributed by atoms with van der Waals surface area (Å²) < 4.78 is 5.24. The summed E-state index contributed by atoms with van der Waals surface area (Å²) in [5.41, 5.74) is 4.04. The number of nitrogens with zero attached hydrogens (tertiary/aromatic N) is 1. The summed E-state index contributed by atoms with van der Waals surface area (Å²) in [7, 11) is 1.67. The van der Waals surface area contributed by atoms with Crippen molar-refractivity contribution in [2.24, 2.45) is 0 Å². The molecule has 0 radical (unpaired) electrons. The van der Waals surface area contributed by atoms with E-state index in [4.69, 9.17) is 4.74 Å². The molecule has 2 heterocycles. The standard InChI is InChI=1S/C23H26N2O2/c1-5-16-8-11-20-19(14-16)22(2,3)23(24-21(26)15-25(20)23)13-12-17-6-9-18(27-4)10-7-17/h6-14H,5,15H2,1-4H3,(H,24,26)/t23-/m0/s1. The molecular weight excluding hydrogens is 336 g/mol. The molecule has 27 heavy (non-hydrogen) atoms. The van der Waals surface area contributed by atoms with E-state index in [1.165, 1.54) is 11.1 Å². The Morgan fingerprint density at radius 2 is 1.93 bits per heavy atom. The third-order valence-corrected chi connectivity index (χ3v) is 6.08. The minimum atomic E-state index is -0.557. The monoisotopic (exact) mass is 362 g/mol. The molecule has 0 aliphatic carbocycles. The van der Waals surface area contributed by atoms with Crippen LogP contribution in [0.5, 0.6) is 5.75 Å². The molecule has 1 fully saturated rings. The molecule has 1 saturated heterocycles. The average molecular weight is 362 g/mol. The summed E-state index contributed by atoms with van der Waals surface area (Å²) in [4.78, 5) is 14.6. The maximum absolute atomic E-state index is 12.4. The smallest absolute Gasteiger partial charge is 0.241 e. The first-order chi connectivity index (χ1) is 12.9. The zero-order valence-corrected chi connectivity index (χ0v) is 16.4. The minimum Gasteiger partial charge on any atom is -0.497 e. The van der Waals surface area contributed by atoms with Crippen LogP contribution in [-0.2, 0) is 16.6 Å². The Bertz CT molecular complexity index is 914. The third kappa shape index (κ3) is 2.54. The Hall–Kier alpha value is -2.75. The maximum Gasteiger partial charge on any atom is 0.241 e. The molecule has 1 amide bonds. The molecule has 2 aromatic carbocycles. The molecule has 4 nitrogen and oxygen atoms in total. The fourth-order valence-electron chi connectivity index (χ4n) is 4.37. The average Bonchev–Trinajstić information content (AvgIpc) is 3.11. The Morgan fingerprint density at radius 3 is 2.59 bits per heavy atom. The lowest BCUT2D eigenvalue weighted by atomic mass is 9.75. The van der Waals surface area contributed by atoms with Crippen molar-refractivity contribution >= 4 is 17.7 Å². The lowest BCUT2D eigenvalue weighted by Gasteiger charge is -2.40. The molecule has 4 heteroatoms. The van der Waals surface area contributed by atoms with Crippen LogP contribution in [0.25, 0.3) is 6.08 Å². The lowest BCUT2D eigenvalue weighted by molar-refractivity contribution is -0.118. The summed E-state index contributed by atoms with van der Waals surface area (Å²) >= 11 is 0. The van der Waals surface area contributed by atoms with Gasteiger partial charge >= 0.3 is 0 Å². The maximum atomic E-state index is 12.4. The van der Waals surface area contributed by atoms with E-state index in [1.807, 2.05) is 24.3 Å². The number of nitrogens with one attached hydrogen (secondary N) is 1. The van der Waals surface area contributed by atoms with Gasteiger partial charge in [-0.05, 0) is 47.4 Å². The fourth-order valence-corrected chi connectivity index (χ4v) is 4.37. The number of amides is 1. The van der Waals surface area contributed by atoms with Gasteiger partial charge in [0.05, 0.1) is 13.7 Å². The van der Waals surface area contributed by atoms with E-state index in [0.29, 0.717) is 6.54 Å². The fraction of sp³-hybridized carbons (Fsp3) is 0.348. The van der Waals surface area contributed by atoms with Crippen molar-refractivity contribution in [2.75, 3.05) is 18.6 Å². The highest BCUT2D eigenvalue weighted by Gasteiger charge is 2.59. The van der Waals surface area contributed by atoms with Crippen molar-refractivity contribution in [1.82, 2.24) is 5.32 Å². The van der Waals surface area contributed by atoms with Crippen molar-refractivity contribution in [3.8, 4) is 5.75 Å². The first-order valence-electron chi connectivity index (χ1n) is 9.46. The summed E-state index contributed by atoms with van der Waals surface area (Å²) in [6.45, 7) is 6.99. The van der Waals surface area contributed by atoms with Crippen LogP contribution in [0.15, 0.2) is 48.5 Å². The number of aryl methyl sites for hydroxylation is 1. The van der Waals surface area contributed by atoms with Crippen molar-refractivity contribution in [1.29, 1.82) is 0 Å². The van der Waals surface area contributed by atoms with Gasteiger partial charge in [0.25, 0.3) is 0 Å². The van der Waals surface area contributed by atoms with Crippen LogP contribution in [0.2, 0.25) is 0 Å². The second kappa shape index (κ2) is 6.15. The van der Waals surface area contributed by atoms with Gasteiger partial charge in [-0.25, -0.2) is 0 Å². The molecule has 1 N–H and O–H groups in total. The van der Waals surface area contributed by atoms with Crippen LogP contribution in [-0.4, -0.2) is 25.2 Å². The Kier molecular flexibility index (Phi) is 4.02. The number of carbonyl (C=O) groups excluding carboxylic acids is 1. The molecule has 1 atom stereocenters. The predicted molar refractivity (Wildman–Crippen MR) is 109 cm³/mol. The zero-order valence-electron chi connectivity index (χ0n) is 16.4. The third-order valence-electron chi connectivity index (χ3n) is 6.08. The second-order valence-corrected chi connectivity index (χ2v) is 7.84. The molecule has 0 spiro atoms. The van der Waals surface area contributed by atoms with E-state index in [1.54, 1.807) is 7.11 Å². The highest BCUT2D eigenvalue weighted by molar-refractivity contribution is 5.91. The number of methoxy groups -OCH3 is 1. The van der Waals surface area contributed by atoms with Gasteiger partial charge in [0, 0.05) is 11.1 Å². The number of hydrogen-bond acceptors (Lipinski definition) is 3. The van der Waals surface area contributed by atoms with Gasteiger partial charge in [-0.3, -0.25) is 4.79 Å². The van der Waals surface area contributed by atoms with Gasteiger partial charge in [-0.2, -0.15) is 0 Å². The molecular formula is C23H26N2O2. The van der Waals surface area contributed by atoms with Gasteiger partial charge in [-0.1, -0.05) is 51.1 Å². The molecule has 140 valence electrons. The highest BCUT2D eigenvalue weighted by atomic mass is 16.5. The number of carbonyl (C=O) groups is 1. The van der Waals surface area contributed by atoms with Crippen molar-refractivity contribution in [3.63, 3.8) is 0 Å². The number of ether oxygens (including phenoxy) is 1. The van der Waals surface area contributed by atoms with Crippen LogP contribution in [0.1, 0.15) is 37.5 Å². The molecule has 2 aliphatic heterocycles. The van der Waals surface area contributed by atoms with Gasteiger partial charge in [0.1, 0.15) is 11.4 Å². The van der Waals surface area contributed by atoms with Crippen molar-refractivity contribution in [3.05, 3.63) is 65.2 Å². The second-order valence-electron chi connectivity index (χ2n) is 7.84. The molecule has 2 aromatic rings. The summed E-state index contributed by atoms with van der Waals surface area (Å²) in [5, 5.41) is 3.27. The highest BCUT2D eigenvalue weighted by Crippen LogP contribution is 2.53. The van der Waals surface area contributed by atoms with Gasteiger partial charge < -0.3 is 15.0 Å². The van der Waals surface area contributed by atoms with Gasteiger partial charge in [-0.15, -0.1) is 0 Å². The molecule has 0 unspecified atom stereocenters. The first kappa shape index (κ1) is 17.7. The van der Waals surface area contributed by atoms with Crippen molar-refractivity contribution in [2.45, 2.75) is 38.3 Å². The molecule has 2 aliphatic rings. The van der Waals surface area contributed by atoms with Crippen LogP contribution in [0, 0.1) is 0 Å². The van der Waals surface area contributed by atoms with E-state index in [-0.39, 0.29) is 11.3 Å². The molecule has 0 aromatic heterocycles. The number of rotatable bonds is 4. The van der Waals surface area contributed by atoms with E-state index in [0.717, 1.165) is 23.4 Å².